The molecule has 0 aromatic heterocycles. The van der Waals surface area contributed by atoms with Crippen molar-refractivity contribution in [3.8, 4) is 11.5 Å². The van der Waals surface area contributed by atoms with Gasteiger partial charge in [-0.25, -0.2) is 0 Å². The minimum Gasteiger partial charge on any atom is -0.453 e. The van der Waals surface area contributed by atoms with Gasteiger partial charge in [0.2, 0.25) is 0 Å². The van der Waals surface area contributed by atoms with Gasteiger partial charge in [-0.1, -0.05) is 30.3 Å². The van der Waals surface area contributed by atoms with Gasteiger partial charge in [-0.15, -0.1) is 0 Å². The monoisotopic (exact) mass is 385 g/mol. The van der Waals surface area contributed by atoms with E-state index in [1.807, 2.05) is 24.3 Å². The summed E-state index contributed by atoms with van der Waals surface area (Å²) in [5, 5.41) is 0. The summed E-state index contributed by atoms with van der Waals surface area (Å²) in [4.78, 5) is 2.24. The van der Waals surface area contributed by atoms with Crippen LogP contribution in [0, 0.1) is 3.57 Å². The summed E-state index contributed by atoms with van der Waals surface area (Å²) in [6, 6.07) is 24.8. The number of ether oxygens (including phenoxy) is 1. The van der Waals surface area contributed by atoms with Crippen LogP contribution in [-0.4, -0.2) is 0 Å². The Hall–Kier alpha value is -2.01. The van der Waals surface area contributed by atoms with Crippen molar-refractivity contribution in [1.82, 2.24) is 0 Å². The summed E-state index contributed by atoms with van der Waals surface area (Å²) in [5.41, 5.74) is 3.27. The molecule has 0 aliphatic carbocycles. The van der Waals surface area contributed by atoms with Crippen molar-refractivity contribution < 1.29 is 4.74 Å². The molecule has 0 unspecified atom stereocenters. The number of halogens is 1. The highest BCUT2D eigenvalue weighted by Gasteiger charge is 2.25. The lowest BCUT2D eigenvalue weighted by atomic mass is 10.1. The number of fused-ring (bicyclic) bond motifs is 2. The van der Waals surface area contributed by atoms with Crippen LogP contribution < -0.4 is 9.64 Å². The summed E-state index contributed by atoms with van der Waals surface area (Å²) in [6.45, 7) is 0. The number of benzene rings is 3. The quantitative estimate of drug-likeness (QED) is 0.380. The third-order valence-electron chi connectivity index (χ3n) is 3.50. The topological polar surface area (TPSA) is 12.5 Å². The van der Waals surface area contributed by atoms with Crippen LogP contribution in [0.1, 0.15) is 0 Å². The molecule has 0 saturated carbocycles. The average molecular weight is 385 g/mol. The number of rotatable bonds is 1. The number of hydrogen-bond donors (Lipinski definition) is 0. The minimum atomic E-state index is 0.885. The van der Waals surface area contributed by atoms with E-state index in [0.717, 1.165) is 28.6 Å². The van der Waals surface area contributed by atoms with Crippen LogP contribution in [0.15, 0.2) is 72.8 Å². The zero-order valence-corrected chi connectivity index (χ0v) is 13.3. The summed E-state index contributed by atoms with van der Waals surface area (Å²) in [6.07, 6.45) is 0. The van der Waals surface area contributed by atoms with Gasteiger partial charge < -0.3 is 9.64 Å². The van der Waals surface area contributed by atoms with Crippen molar-refractivity contribution in [3.05, 3.63) is 76.4 Å². The van der Waals surface area contributed by atoms with E-state index in [0.29, 0.717) is 0 Å². The van der Waals surface area contributed by atoms with Crippen LogP contribution in [0.2, 0.25) is 0 Å². The van der Waals surface area contributed by atoms with Crippen LogP contribution in [0.3, 0.4) is 0 Å². The zero-order chi connectivity index (χ0) is 14.2. The molecular formula is C18H12INO. The van der Waals surface area contributed by atoms with Crippen LogP contribution in [0.25, 0.3) is 0 Å². The lowest BCUT2D eigenvalue weighted by Crippen LogP contribution is -2.15. The van der Waals surface area contributed by atoms with E-state index in [2.05, 4.69) is 76.0 Å². The number of hydrogen-bond acceptors (Lipinski definition) is 2. The molecule has 0 bridgehead atoms. The highest BCUT2D eigenvalue weighted by Crippen LogP contribution is 2.50. The standard InChI is InChI=1S/C18H12INO/c19-13-10-11-16-18(12-13)21-17-9-5-4-8-15(17)20(16)14-6-2-1-3-7-14/h1-12H. The predicted octanol–water partition coefficient (Wildman–Crippen LogP) is 5.87. The third-order valence-corrected chi connectivity index (χ3v) is 4.17. The maximum absolute atomic E-state index is 6.06. The molecule has 1 aliphatic heterocycles. The number of para-hydroxylation sites is 3. The van der Waals surface area contributed by atoms with Gasteiger partial charge in [-0.3, -0.25) is 0 Å². The number of nitrogens with zero attached hydrogens (tertiary/aromatic N) is 1. The first-order chi connectivity index (χ1) is 10.3. The molecule has 3 heteroatoms. The van der Waals surface area contributed by atoms with Crippen LogP contribution in [-0.2, 0) is 0 Å². The van der Waals surface area contributed by atoms with Crippen molar-refractivity contribution >= 4 is 39.7 Å². The summed E-state index contributed by atoms with van der Waals surface area (Å²) < 4.78 is 7.23. The Balaban J connectivity index is 1.97. The van der Waals surface area contributed by atoms with Crippen molar-refractivity contribution in [3.63, 3.8) is 0 Å². The molecule has 2 nitrogen and oxygen atoms in total. The van der Waals surface area contributed by atoms with E-state index < -0.39 is 0 Å². The molecule has 0 saturated heterocycles. The molecule has 0 N–H and O–H groups in total. The fraction of sp³-hybridized carbons (Fsp3) is 0. The van der Waals surface area contributed by atoms with Gasteiger partial charge in [0.25, 0.3) is 0 Å². The molecular weight excluding hydrogens is 373 g/mol. The van der Waals surface area contributed by atoms with Crippen molar-refractivity contribution in [2.45, 2.75) is 0 Å². The Bertz CT molecular complexity index is 801. The normalized spacial score (nSPS) is 12.3. The largest absolute Gasteiger partial charge is 0.453 e. The lowest BCUT2D eigenvalue weighted by Gasteiger charge is -2.32. The second kappa shape index (κ2) is 5.07. The SMILES string of the molecule is Ic1ccc2c(c1)Oc1ccccc1N2c1ccccc1. The summed E-state index contributed by atoms with van der Waals surface area (Å²) >= 11 is 2.31. The highest BCUT2D eigenvalue weighted by molar-refractivity contribution is 14.1. The zero-order valence-electron chi connectivity index (χ0n) is 11.2. The molecule has 0 fully saturated rings. The van der Waals surface area contributed by atoms with Crippen molar-refractivity contribution in [2.75, 3.05) is 4.90 Å². The Morgan fingerprint density at radius 1 is 0.714 bits per heavy atom. The Morgan fingerprint density at radius 2 is 1.43 bits per heavy atom. The van der Waals surface area contributed by atoms with Crippen LogP contribution in [0.4, 0.5) is 17.1 Å². The minimum absolute atomic E-state index is 0.885. The summed E-state index contributed by atoms with van der Waals surface area (Å²) in [5.74, 6) is 1.78. The van der Waals surface area contributed by atoms with E-state index in [-0.39, 0.29) is 0 Å². The third kappa shape index (κ3) is 2.17. The molecule has 0 spiro atoms. The second-order valence-electron chi connectivity index (χ2n) is 4.85. The summed E-state index contributed by atoms with van der Waals surface area (Å²) in [7, 11) is 0. The van der Waals surface area contributed by atoms with Gasteiger partial charge in [0.1, 0.15) is 0 Å². The van der Waals surface area contributed by atoms with Crippen molar-refractivity contribution in [1.29, 1.82) is 0 Å². The van der Waals surface area contributed by atoms with Crippen molar-refractivity contribution in [2.24, 2.45) is 0 Å². The first-order valence-electron chi connectivity index (χ1n) is 6.74. The maximum Gasteiger partial charge on any atom is 0.152 e. The fourth-order valence-corrected chi connectivity index (χ4v) is 3.05. The molecule has 4 rings (SSSR count). The first-order valence-corrected chi connectivity index (χ1v) is 7.82. The van der Waals surface area contributed by atoms with E-state index in [9.17, 15) is 0 Å². The van der Waals surface area contributed by atoms with Gasteiger partial charge in [-0.05, 0) is 65.1 Å². The molecule has 1 aliphatic rings. The van der Waals surface area contributed by atoms with Gasteiger partial charge >= 0.3 is 0 Å². The lowest BCUT2D eigenvalue weighted by molar-refractivity contribution is 0.476. The van der Waals surface area contributed by atoms with Gasteiger partial charge in [-0.2, -0.15) is 0 Å². The molecule has 1 heterocycles. The predicted molar refractivity (Wildman–Crippen MR) is 93.9 cm³/mol. The number of anilines is 3. The Labute approximate surface area is 137 Å². The molecule has 3 aromatic rings. The van der Waals surface area contributed by atoms with Crippen LogP contribution in [0.5, 0.6) is 11.5 Å². The Kier molecular flexibility index (Phi) is 3.07. The van der Waals surface area contributed by atoms with E-state index >= 15 is 0 Å². The van der Waals surface area contributed by atoms with Gasteiger partial charge in [0.15, 0.2) is 11.5 Å². The smallest absolute Gasteiger partial charge is 0.152 e. The van der Waals surface area contributed by atoms with E-state index in [1.54, 1.807) is 0 Å². The molecule has 0 amide bonds. The molecule has 21 heavy (non-hydrogen) atoms. The average Bonchev–Trinajstić information content (AvgIpc) is 2.53. The van der Waals surface area contributed by atoms with E-state index in [4.69, 9.17) is 4.74 Å². The van der Waals surface area contributed by atoms with Gasteiger partial charge in [0.05, 0.1) is 11.4 Å². The fourth-order valence-electron chi connectivity index (χ4n) is 2.59. The Morgan fingerprint density at radius 3 is 2.29 bits per heavy atom. The molecule has 0 radical (unpaired) electrons. The van der Waals surface area contributed by atoms with E-state index in [1.165, 1.54) is 3.57 Å². The molecule has 102 valence electrons. The molecule has 0 atom stereocenters. The first kappa shape index (κ1) is 12.7. The maximum atomic E-state index is 6.06. The highest BCUT2D eigenvalue weighted by atomic mass is 127. The van der Waals surface area contributed by atoms with Crippen LogP contribution >= 0.6 is 22.6 Å². The second-order valence-corrected chi connectivity index (χ2v) is 6.10. The molecule has 3 aromatic carbocycles. The van der Waals surface area contributed by atoms with Gasteiger partial charge in [0, 0.05) is 9.26 Å².